The van der Waals surface area contributed by atoms with Crippen LogP contribution in [0.25, 0.3) is 0 Å². The van der Waals surface area contributed by atoms with Gasteiger partial charge in [-0.3, -0.25) is 4.79 Å². The molecule has 0 aromatic carbocycles. The zero-order valence-corrected chi connectivity index (χ0v) is 12.3. The molecule has 3 rings (SSSR count). The summed E-state index contributed by atoms with van der Waals surface area (Å²) in [5.74, 6) is 0.458. The number of nitrogens with zero attached hydrogens (tertiary/aromatic N) is 5. The van der Waals surface area contributed by atoms with E-state index in [-0.39, 0.29) is 11.8 Å². The molecule has 0 radical (unpaired) electrons. The number of hydrogen-bond donors (Lipinski definition) is 1. The van der Waals surface area contributed by atoms with E-state index < -0.39 is 5.60 Å². The van der Waals surface area contributed by atoms with E-state index in [1.165, 1.54) is 6.42 Å². The van der Waals surface area contributed by atoms with Crippen LogP contribution in [-0.4, -0.2) is 54.8 Å². The number of amides is 1. The molecule has 0 unspecified atom stereocenters. The average molecular weight is 293 g/mol. The molecule has 2 atom stereocenters. The number of hydrogen-bond acceptors (Lipinski definition) is 5. The van der Waals surface area contributed by atoms with Crippen molar-refractivity contribution in [3.63, 3.8) is 0 Å². The summed E-state index contributed by atoms with van der Waals surface area (Å²) in [7, 11) is 0. The number of fused-ring (bicyclic) bond motifs is 1. The van der Waals surface area contributed by atoms with Crippen LogP contribution in [0, 0.1) is 5.92 Å². The third-order valence-corrected chi connectivity index (χ3v) is 4.95. The van der Waals surface area contributed by atoms with Crippen LogP contribution in [0.4, 0.5) is 0 Å². The predicted octanol–water partition coefficient (Wildman–Crippen LogP) is 0.607. The van der Waals surface area contributed by atoms with Crippen molar-refractivity contribution in [3.8, 4) is 0 Å². The Bertz CT molecular complexity index is 478. The van der Waals surface area contributed by atoms with Gasteiger partial charge in [0.25, 0.3) is 0 Å². The Hall–Kier alpha value is -1.50. The van der Waals surface area contributed by atoms with Crippen molar-refractivity contribution in [1.29, 1.82) is 0 Å². The minimum atomic E-state index is -0.512. The molecule has 0 spiro atoms. The molecule has 1 aromatic heterocycles. The second-order valence-electron chi connectivity index (χ2n) is 6.31. The Morgan fingerprint density at radius 1 is 1.38 bits per heavy atom. The maximum atomic E-state index is 12.3. The molecule has 1 aliphatic carbocycles. The highest BCUT2D eigenvalue weighted by molar-refractivity contribution is 5.76. The molecular formula is C14H23N5O2. The van der Waals surface area contributed by atoms with E-state index in [4.69, 9.17) is 0 Å². The van der Waals surface area contributed by atoms with Crippen LogP contribution in [0.1, 0.15) is 44.9 Å². The number of likely N-dealkylation sites (tertiary alicyclic amines) is 1. The number of carbonyl (C=O) groups is 1. The first-order valence-corrected chi connectivity index (χ1v) is 7.88. The van der Waals surface area contributed by atoms with Crippen LogP contribution in [0.2, 0.25) is 0 Å². The number of rotatable bonds is 4. The standard InChI is InChI=1S/C14H23N5O2/c20-13(5-3-8-19-11-15-16-17-19)18-9-7-14(21)6-2-1-4-12(14)10-18/h11-12,21H,1-10H2/t12-,14+/m1/s1. The van der Waals surface area contributed by atoms with Crippen LogP contribution in [0.15, 0.2) is 6.33 Å². The largest absolute Gasteiger partial charge is 0.389 e. The maximum absolute atomic E-state index is 12.3. The number of aryl methyl sites for hydroxylation is 1. The van der Waals surface area contributed by atoms with Crippen LogP contribution in [0.3, 0.4) is 0 Å². The van der Waals surface area contributed by atoms with E-state index in [2.05, 4.69) is 15.5 Å². The first kappa shape index (κ1) is 14.4. The molecule has 2 aliphatic rings. The highest BCUT2D eigenvalue weighted by Crippen LogP contribution is 2.39. The highest BCUT2D eigenvalue weighted by Gasteiger charge is 2.43. The quantitative estimate of drug-likeness (QED) is 0.879. The second kappa shape index (κ2) is 6.09. The number of carbonyl (C=O) groups excluding carboxylic acids is 1. The molecule has 116 valence electrons. The number of aromatic nitrogens is 4. The zero-order chi connectivity index (χ0) is 14.7. The second-order valence-corrected chi connectivity index (χ2v) is 6.31. The van der Waals surface area contributed by atoms with Crippen LogP contribution < -0.4 is 0 Å². The summed E-state index contributed by atoms with van der Waals surface area (Å²) in [5, 5.41) is 21.6. The Morgan fingerprint density at radius 3 is 3.10 bits per heavy atom. The minimum Gasteiger partial charge on any atom is -0.389 e. The van der Waals surface area contributed by atoms with Crippen molar-refractivity contribution in [2.75, 3.05) is 13.1 Å². The Labute approximate surface area is 124 Å². The van der Waals surface area contributed by atoms with Crippen LogP contribution in [0.5, 0.6) is 0 Å². The number of aliphatic hydroxyl groups is 1. The van der Waals surface area contributed by atoms with Gasteiger partial charge < -0.3 is 10.0 Å². The molecular weight excluding hydrogens is 270 g/mol. The summed E-state index contributed by atoms with van der Waals surface area (Å²) in [6.07, 6.45) is 7.80. The monoisotopic (exact) mass is 293 g/mol. The molecule has 21 heavy (non-hydrogen) atoms. The van der Waals surface area contributed by atoms with Crippen molar-refractivity contribution in [1.82, 2.24) is 25.1 Å². The molecule has 1 amide bonds. The van der Waals surface area contributed by atoms with E-state index in [0.717, 1.165) is 38.6 Å². The summed E-state index contributed by atoms with van der Waals surface area (Å²) in [5.41, 5.74) is -0.512. The van der Waals surface area contributed by atoms with Gasteiger partial charge in [0, 0.05) is 32.0 Å². The lowest BCUT2D eigenvalue weighted by Crippen LogP contribution is -2.54. The highest BCUT2D eigenvalue weighted by atomic mass is 16.3. The smallest absolute Gasteiger partial charge is 0.222 e. The Balaban J connectivity index is 1.47. The summed E-state index contributed by atoms with van der Waals surface area (Å²) in [6.45, 7) is 2.08. The lowest BCUT2D eigenvalue weighted by Gasteiger charge is -2.47. The van der Waals surface area contributed by atoms with Gasteiger partial charge in [0.2, 0.25) is 5.91 Å². The van der Waals surface area contributed by atoms with Gasteiger partial charge in [-0.25, -0.2) is 4.68 Å². The van der Waals surface area contributed by atoms with E-state index in [1.54, 1.807) is 11.0 Å². The molecule has 1 saturated carbocycles. The van der Waals surface area contributed by atoms with E-state index in [9.17, 15) is 9.90 Å². The lowest BCUT2D eigenvalue weighted by molar-refractivity contribution is -0.143. The van der Waals surface area contributed by atoms with E-state index in [1.807, 2.05) is 4.90 Å². The number of tetrazole rings is 1. The van der Waals surface area contributed by atoms with Gasteiger partial charge in [0.15, 0.2) is 0 Å². The Kier molecular flexibility index (Phi) is 4.19. The third kappa shape index (κ3) is 3.23. The van der Waals surface area contributed by atoms with Gasteiger partial charge in [-0.2, -0.15) is 0 Å². The fourth-order valence-corrected chi connectivity index (χ4v) is 3.63. The molecule has 0 bridgehead atoms. The molecule has 7 heteroatoms. The van der Waals surface area contributed by atoms with Crippen molar-refractivity contribution in [3.05, 3.63) is 6.33 Å². The maximum Gasteiger partial charge on any atom is 0.222 e. The van der Waals surface area contributed by atoms with Gasteiger partial charge in [-0.05, 0) is 36.1 Å². The lowest BCUT2D eigenvalue weighted by atomic mass is 9.71. The van der Waals surface area contributed by atoms with Gasteiger partial charge in [-0.1, -0.05) is 12.8 Å². The summed E-state index contributed by atoms with van der Waals surface area (Å²) >= 11 is 0. The van der Waals surface area contributed by atoms with Gasteiger partial charge >= 0.3 is 0 Å². The van der Waals surface area contributed by atoms with Crippen molar-refractivity contribution in [2.24, 2.45) is 5.92 Å². The van der Waals surface area contributed by atoms with Crippen LogP contribution in [-0.2, 0) is 11.3 Å². The average Bonchev–Trinajstić information content (AvgIpc) is 2.99. The minimum absolute atomic E-state index is 0.190. The molecule has 7 nitrogen and oxygen atoms in total. The molecule has 1 saturated heterocycles. The first-order valence-electron chi connectivity index (χ1n) is 7.88. The van der Waals surface area contributed by atoms with Crippen molar-refractivity contribution < 1.29 is 9.90 Å². The molecule has 1 aromatic rings. The zero-order valence-electron chi connectivity index (χ0n) is 12.3. The summed E-state index contributed by atoms with van der Waals surface area (Å²) in [6, 6.07) is 0. The van der Waals surface area contributed by atoms with Crippen molar-refractivity contribution >= 4 is 5.91 Å². The van der Waals surface area contributed by atoms with E-state index in [0.29, 0.717) is 19.5 Å². The fraction of sp³-hybridized carbons (Fsp3) is 0.857. The van der Waals surface area contributed by atoms with Gasteiger partial charge in [0.05, 0.1) is 5.60 Å². The molecule has 1 aliphatic heterocycles. The Morgan fingerprint density at radius 2 is 2.29 bits per heavy atom. The SMILES string of the molecule is O=C(CCCn1cnnn1)N1CC[C@@]2(O)CCCC[C@@H]2C1. The fourth-order valence-electron chi connectivity index (χ4n) is 3.63. The van der Waals surface area contributed by atoms with Gasteiger partial charge in [-0.15, -0.1) is 5.10 Å². The number of piperidine rings is 1. The normalized spacial score (nSPS) is 29.2. The molecule has 2 fully saturated rings. The molecule has 1 N–H and O–H groups in total. The summed E-state index contributed by atoms with van der Waals surface area (Å²) < 4.78 is 1.64. The van der Waals surface area contributed by atoms with Crippen molar-refractivity contribution in [2.45, 2.75) is 57.1 Å². The van der Waals surface area contributed by atoms with Gasteiger partial charge in [0.1, 0.15) is 6.33 Å². The first-order chi connectivity index (χ1) is 10.2. The summed E-state index contributed by atoms with van der Waals surface area (Å²) in [4.78, 5) is 14.2. The molecule has 2 heterocycles. The topological polar surface area (TPSA) is 84.1 Å². The predicted molar refractivity (Wildman–Crippen MR) is 75.2 cm³/mol. The van der Waals surface area contributed by atoms with Crippen LogP contribution >= 0.6 is 0 Å². The van der Waals surface area contributed by atoms with E-state index >= 15 is 0 Å². The third-order valence-electron chi connectivity index (χ3n) is 4.95.